The van der Waals surface area contributed by atoms with Crippen molar-refractivity contribution in [3.63, 3.8) is 0 Å². The second-order valence-corrected chi connectivity index (χ2v) is 7.96. The molecule has 1 atom stereocenters. The van der Waals surface area contributed by atoms with Crippen LogP contribution in [-0.4, -0.2) is 38.1 Å². The molecular formula is C16H16BrFN6S. The SMILES string of the molecule is Fc1ccc(Br)cc1-c1nnc(N2CCCC(Cn3cncn3)C2)s1. The lowest BCUT2D eigenvalue weighted by molar-refractivity contribution is 0.351. The highest BCUT2D eigenvalue weighted by Crippen LogP contribution is 2.33. The van der Waals surface area contributed by atoms with Gasteiger partial charge < -0.3 is 4.90 Å². The van der Waals surface area contributed by atoms with Crippen molar-refractivity contribution in [2.45, 2.75) is 19.4 Å². The second kappa shape index (κ2) is 7.17. The fourth-order valence-corrected chi connectivity index (χ4v) is 4.35. The smallest absolute Gasteiger partial charge is 0.208 e. The van der Waals surface area contributed by atoms with Gasteiger partial charge in [-0.1, -0.05) is 27.3 Å². The molecule has 0 aliphatic carbocycles. The van der Waals surface area contributed by atoms with Gasteiger partial charge in [-0.3, -0.25) is 4.68 Å². The zero-order valence-corrected chi connectivity index (χ0v) is 15.7. The third-order valence-corrected chi connectivity index (χ3v) is 5.79. The van der Waals surface area contributed by atoms with Crippen molar-refractivity contribution in [1.82, 2.24) is 25.0 Å². The lowest BCUT2D eigenvalue weighted by Crippen LogP contribution is -2.37. The zero-order valence-electron chi connectivity index (χ0n) is 13.3. The molecule has 3 heterocycles. The van der Waals surface area contributed by atoms with Gasteiger partial charge in [0.05, 0.1) is 0 Å². The van der Waals surface area contributed by atoms with E-state index in [1.165, 1.54) is 17.4 Å². The van der Waals surface area contributed by atoms with Gasteiger partial charge in [-0.05, 0) is 37.0 Å². The maximum atomic E-state index is 14.1. The number of piperidine rings is 1. The second-order valence-electron chi connectivity index (χ2n) is 6.09. The van der Waals surface area contributed by atoms with E-state index in [0.29, 0.717) is 16.5 Å². The van der Waals surface area contributed by atoms with Crippen LogP contribution >= 0.6 is 27.3 Å². The molecule has 1 saturated heterocycles. The maximum absolute atomic E-state index is 14.1. The summed E-state index contributed by atoms with van der Waals surface area (Å²) in [6.07, 6.45) is 5.56. The summed E-state index contributed by atoms with van der Waals surface area (Å²) in [5.74, 6) is 0.207. The first-order valence-corrected chi connectivity index (χ1v) is 9.66. The molecule has 9 heteroatoms. The summed E-state index contributed by atoms with van der Waals surface area (Å²) in [4.78, 5) is 6.23. The third kappa shape index (κ3) is 3.72. The van der Waals surface area contributed by atoms with Gasteiger partial charge in [0.25, 0.3) is 0 Å². The molecule has 0 spiro atoms. The molecule has 130 valence electrons. The number of nitrogens with zero attached hydrogens (tertiary/aromatic N) is 6. The molecule has 0 saturated carbocycles. The predicted octanol–water partition coefficient (Wildman–Crippen LogP) is 3.61. The van der Waals surface area contributed by atoms with Gasteiger partial charge in [0.2, 0.25) is 5.13 Å². The Bertz CT molecular complexity index is 852. The highest BCUT2D eigenvalue weighted by molar-refractivity contribution is 9.10. The molecular weight excluding hydrogens is 407 g/mol. The normalized spacial score (nSPS) is 17.8. The van der Waals surface area contributed by atoms with Crippen LogP contribution in [0.15, 0.2) is 35.3 Å². The standard InChI is InChI=1S/C16H16BrFN6S/c17-12-3-4-14(18)13(6-12)15-21-22-16(25-15)23-5-1-2-11(7-23)8-24-10-19-9-20-24/h3-4,6,9-11H,1-2,5,7-8H2. The molecule has 1 aliphatic heterocycles. The number of hydrogen-bond acceptors (Lipinski definition) is 6. The van der Waals surface area contributed by atoms with Crippen LogP contribution in [0.25, 0.3) is 10.6 Å². The van der Waals surface area contributed by atoms with Gasteiger partial charge in [-0.25, -0.2) is 9.37 Å². The summed E-state index contributed by atoms with van der Waals surface area (Å²) in [6.45, 7) is 2.70. The molecule has 0 amide bonds. The fourth-order valence-electron chi connectivity index (χ4n) is 3.09. The summed E-state index contributed by atoms with van der Waals surface area (Å²) < 4.78 is 16.8. The average Bonchev–Trinajstić information content (AvgIpc) is 3.29. The van der Waals surface area contributed by atoms with Crippen LogP contribution in [0.1, 0.15) is 12.8 Å². The minimum absolute atomic E-state index is 0.284. The molecule has 0 N–H and O–H groups in total. The van der Waals surface area contributed by atoms with Crippen LogP contribution in [0.5, 0.6) is 0 Å². The summed E-state index contributed by atoms with van der Waals surface area (Å²) in [5, 5.41) is 14.1. The molecule has 1 aliphatic rings. The van der Waals surface area contributed by atoms with Gasteiger partial charge in [-0.2, -0.15) is 5.10 Å². The molecule has 0 radical (unpaired) electrons. The molecule has 1 unspecified atom stereocenters. The van der Waals surface area contributed by atoms with Gasteiger partial charge in [0.1, 0.15) is 18.5 Å². The van der Waals surface area contributed by atoms with Crippen molar-refractivity contribution in [2.75, 3.05) is 18.0 Å². The Morgan fingerprint density at radius 2 is 2.24 bits per heavy atom. The van der Waals surface area contributed by atoms with Crippen molar-refractivity contribution < 1.29 is 4.39 Å². The summed E-state index contributed by atoms with van der Waals surface area (Å²) in [6, 6.07) is 4.86. The van der Waals surface area contributed by atoms with E-state index in [2.05, 4.69) is 41.1 Å². The Hall–Kier alpha value is -1.87. The molecule has 0 bridgehead atoms. The van der Waals surface area contributed by atoms with Gasteiger partial charge >= 0.3 is 0 Å². The Balaban J connectivity index is 1.50. The Labute approximate surface area is 156 Å². The Morgan fingerprint density at radius 3 is 3.08 bits per heavy atom. The topological polar surface area (TPSA) is 59.7 Å². The van der Waals surface area contributed by atoms with E-state index in [9.17, 15) is 4.39 Å². The first kappa shape index (κ1) is 16.6. The van der Waals surface area contributed by atoms with Crippen LogP contribution in [0.3, 0.4) is 0 Å². The molecule has 2 aromatic heterocycles. The van der Waals surface area contributed by atoms with E-state index in [1.807, 2.05) is 4.68 Å². The minimum Gasteiger partial charge on any atom is -0.346 e. The van der Waals surface area contributed by atoms with E-state index >= 15 is 0 Å². The molecule has 1 fully saturated rings. The lowest BCUT2D eigenvalue weighted by atomic mass is 9.98. The third-order valence-electron chi connectivity index (χ3n) is 4.27. The predicted molar refractivity (Wildman–Crippen MR) is 98.0 cm³/mol. The van der Waals surface area contributed by atoms with Crippen molar-refractivity contribution in [3.8, 4) is 10.6 Å². The summed E-state index contributed by atoms with van der Waals surface area (Å²) >= 11 is 4.81. The molecule has 3 aromatic rings. The molecule has 1 aromatic carbocycles. The van der Waals surface area contributed by atoms with Crippen molar-refractivity contribution in [2.24, 2.45) is 5.92 Å². The van der Waals surface area contributed by atoms with Crippen molar-refractivity contribution >= 4 is 32.4 Å². The monoisotopic (exact) mass is 422 g/mol. The van der Waals surface area contributed by atoms with E-state index in [0.717, 1.165) is 42.1 Å². The number of anilines is 1. The van der Waals surface area contributed by atoms with E-state index in [1.54, 1.807) is 24.8 Å². The van der Waals surface area contributed by atoms with Gasteiger partial charge in [0.15, 0.2) is 5.01 Å². The first-order valence-electron chi connectivity index (χ1n) is 8.05. The molecule has 6 nitrogen and oxygen atoms in total. The Kier molecular flexibility index (Phi) is 4.76. The minimum atomic E-state index is -0.284. The zero-order chi connectivity index (χ0) is 17.2. The fraction of sp³-hybridized carbons (Fsp3) is 0.375. The quantitative estimate of drug-likeness (QED) is 0.642. The number of benzene rings is 1. The Morgan fingerprint density at radius 1 is 1.32 bits per heavy atom. The first-order chi connectivity index (χ1) is 12.2. The van der Waals surface area contributed by atoms with Crippen molar-refractivity contribution in [1.29, 1.82) is 0 Å². The van der Waals surface area contributed by atoms with Gasteiger partial charge in [-0.15, -0.1) is 10.2 Å². The number of aromatic nitrogens is 5. The molecule has 25 heavy (non-hydrogen) atoms. The van der Waals surface area contributed by atoms with Crippen LogP contribution in [0.4, 0.5) is 9.52 Å². The van der Waals surface area contributed by atoms with E-state index in [-0.39, 0.29) is 5.82 Å². The lowest BCUT2D eigenvalue weighted by Gasteiger charge is -2.32. The van der Waals surface area contributed by atoms with Crippen LogP contribution in [-0.2, 0) is 6.54 Å². The summed E-state index contributed by atoms with van der Waals surface area (Å²) in [7, 11) is 0. The van der Waals surface area contributed by atoms with Gasteiger partial charge in [0, 0.05) is 29.7 Å². The van der Waals surface area contributed by atoms with Crippen LogP contribution < -0.4 is 4.90 Å². The van der Waals surface area contributed by atoms with E-state index < -0.39 is 0 Å². The largest absolute Gasteiger partial charge is 0.346 e. The summed E-state index contributed by atoms with van der Waals surface area (Å²) in [5.41, 5.74) is 0.481. The van der Waals surface area contributed by atoms with Crippen LogP contribution in [0.2, 0.25) is 0 Å². The number of rotatable bonds is 4. The highest BCUT2D eigenvalue weighted by Gasteiger charge is 2.24. The number of hydrogen-bond donors (Lipinski definition) is 0. The number of halogens is 2. The highest BCUT2D eigenvalue weighted by atomic mass is 79.9. The average molecular weight is 423 g/mol. The molecule has 4 rings (SSSR count). The van der Waals surface area contributed by atoms with Crippen molar-refractivity contribution in [3.05, 3.63) is 41.1 Å². The maximum Gasteiger partial charge on any atom is 0.208 e. The van der Waals surface area contributed by atoms with E-state index in [4.69, 9.17) is 0 Å². The van der Waals surface area contributed by atoms with Crippen LogP contribution in [0, 0.1) is 11.7 Å².